The van der Waals surface area contributed by atoms with Crippen molar-refractivity contribution < 1.29 is 4.74 Å². The number of hydrogen-bond donors (Lipinski definition) is 1. The maximum atomic E-state index is 5.80. The molecule has 0 aliphatic carbocycles. The van der Waals surface area contributed by atoms with Crippen molar-refractivity contribution in [1.29, 1.82) is 0 Å². The van der Waals surface area contributed by atoms with Crippen LogP contribution in [-0.4, -0.2) is 19.3 Å². The Hall–Kier alpha value is -0.540. The molecule has 0 saturated heterocycles. The zero-order chi connectivity index (χ0) is 13.9. The summed E-state index contributed by atoms with van der Waals surface area (Å²) in [5, 5.41) is 3.36. The number of unbranched alkanes of at least 4 members (excludes halogenated alkanes) is 3. The molecule has 1 aromatic carbocycles. The second kappa shape index (κ2) is 10.3. The van der Waals surface area contributed by atoms with E-state index in [1.54, 1.807) is 0 Å². The van der Waals surface area contributed by atoms with Gasteiger partial charge in [0.15, 0.2) is 0 Å². The molecule has 0 saturated carbocycles. The van der Waals surface area contributed by atoms with E-state index in [-0.39, 0.29) is 0 Å². The highest BCUT2D eigenvalue weighted by atomic mass is 79.9. The van der Waals surface area contributed by atoms with Gasteiger partial charge in [0.25, 0.3) is 0 Å². The highest BCUT2D eigenvalue weighted by molar-refractivity contribution is 9.10. The quantitative estimate of drug-likeness (QED) is 0.593. The summed E-state index contributed by atoms with van der Waals surface area (Å²) in [6, 6.07) is 8.21. The standard InChI is InChI=1S/C16H26BrNO/c1-3-4-5-6-8-14(2)19-12-11-18-16-10-7-9-15(17)13-16/h7,9-10,13-14,18H,3-6,8,11-12H2,1-2H3. The van der Waals surface area contributed by atoms with Crippen molar-refractivity contribution in [2.45, 2.75) is 52.1 Å². The van der Waals surface area contributed by atoms with Gasteiger partial charge in [0.2, 0.25) is 0 Å². The molecule has 0 radical (unpaired) electrons. The van der Waals surface area contributed by atoms with E-state index in [1.807, 2.05) is 12.1 Å². The average Bonchev–Trinajstić information content (AvgIpc) is 2.40. The van der Waals surface area contributed by atoms with Gasteiger partial charge in [-0.2, -0.15) is 0 Å². The fourth-order valence-corrected chi connectivity index (χ4v) is 2.40. The van der Waals surface area contributed by atoms with Gasteiger partial charge in [-0.15, -0.1) is 0 Å². The predicted octanol–water partition coefficient (Wildman–Crippen LogP) is 5.24. The molecular formula is C16H26BrNO. The largest absolute Gasteiger partial charge is 0.383 e. The highest BCUT2D eigenvalue weighted by Gasteiger charge is 2.01. The van der Waals surface area contributed by atoms with Crippen LogP contribution in [0.3, 0.4) is 0 Å². The first kappa shape index (κ1) is 16.5. The third-order valence-corrected chi connectivity index (χ3v) is 3.62. The van der Waals surface area contributed by atoms with Crippen LogP contribution in [0.4, 0.5) is 5.69 Å². The summed E-state index contributed by atoms with van der Waals surface area (Å²) < 4.78 is 6.90. The molecule has 0 aliphatic rings. The number of halogens is 1. The van der Waals surface area contributed by atoms with Crippen molar-refractivity contribution in [3.05, 3.63) is 28.7 Å². The van der Waals surface area contributed by atoms with Gasteiger partial charge in [0.05, 0.1) is 12.7 Å². The zero-order valence-electron chi connectivity index (χ0n) is 12.1. The SMILES string of the molecule is CCCCCCC(C)OCCNc1cccc(Br)c1. The number of nitrogens with one attached hydrogen (secondary N) is 1. The third-order valence-electron chi connectivity index (χ3n) is 3.12. The van der Waals surface area contributed by atoms with Crippen LogP contribution in [0, 0.1) is 0 Å². The molecule has 0 heterocycles. The minimum absolute atomic E-state index is 0.376. The first-order valence-electron chi connectivity index (χ1n) is 7.33. The summed E-state index contributed by atoms with van der Waals surface area (Å²) in [7, 11) is 0. The summed E-state index contributed by atoms with van der Waals surface area (Å²) in [6.45, 7) is 6.04. The lowest BCUT2D eigenvalue weighted by Crippen LogP contribution is -2.15. The van der Waals surface area contributed by atoms with Gasteiger partial charge in [0.1, 0.15) is 0 Å². The lowest BCUT2D eigenvalue weighted by molar-refractivity contribution is 0.0658. The molecule has 0 amide bonds. The van der Waals surface area contributed by atoms with Crippen LogP contribution in [0.2, 0.25) is 0 Å². The van der Waals surface area contributed by atoms with E-state index in [0.717, 1.165) is 23.3 Å². The van der Waals surface area contributed by atoms with Crippen molar-refractivity contribution in [2.75, 3.05) is 18.5 Å². The topological polar surface area (TPSA) is 21.3 Å². The molecule has 1 atom stereocenters. The molecule has 1 N–H and O–H groups in total. The zero-order valence-corrected chi connectivity index (χ0v) is 13.7. The van der Waals surface area contributed by atoms with Crippen LogP contribution in [0.25, 0.3) is 0 Å². The van der Waals surface area contributed by atoms with Crippen LogP contribution >= 0.6 is 15.9 Å². The van der Waals surface area contributed by atoms with Crippen LogP contribution in [0.5, 0.6) is 0 Å². The summed E-state index contributed by atoms with van der Waals surface area (Å²) in [5.74, 6) is 0. The molecule has 19 heavy (non-hydrogen) atoms. The van der Waals surface area contributed by atoms with Gasteiger partial charge >= 0.3 is 0 Å². The molecule has 0 aromatic heterocycles. The molecular weight excluding hydrogens is 302 g/mol. The Bertz CT molecular complexity index is 343. The Kier molecular flexibility index (Phi) is 8.93. The second-order valence-electron chi connectivity index (χ2n) is 4.97. The number of hydrogen-bond acceptors (Lipinski definition) is 2. The van der Waals surface area contributed by atoms with Gasteiger partial charge in [-0.3, -0.25) is 0 Å². The molecule has 0 bridgehead atoms. The molecule has 2 nitrogen and oxygen atoms in total. The van der Waals surface area contributed by atoms with Gasteiger partial charge < -0.3 is 10.1 Å². The Morgan fingerprint density at radius 1 is 1.26 bits per heavy atom. The Balaban J connectivity index is 2.03. The Morgan fingerprint density at radius 2 is 2.11 bits per heavy atom. The monoisotopic (exact) mass is 327 g/mol. The minimum atomic E-state index is 0.376. The minimum Gasteiger partial charge on any atom is -0.383 e. The molecule has 1 aromatic rings. The maximum Gasteiger partial charge on any atom is 0.0642 e. The molecule has 0 spiro atoms. The summed E-state index contributed by atoms with van der Waals surface area (Å²) in [6.07, 6.45) is 6.81. The molecule has 0 aliphatic heterocycles. The van der Waals surface area contributed by atoms with Gasteiger partial charge in [0, 0.05) is 16.7 Å². The molecule has 1 unspecified atom stereocenters. The van der Waals surface area contributed by atoms with E-state index in [2.05, 4.69) is 47.2 Å². The van der Waals surface area contributed by atoms with E-state index in [0.29, 0.717) is 6.10 Å². The van der Waals surface area contributed by atoms with Gasteiger partial charge in [-0.25, -0.2) is 0 Å². The summed E-state index contributed by atoms with van der Waals surface area (Å²) >= 11 is 3.46. The maximum absolute atomic E-state index is 5.80. The van der Waals surface area contributed by atoms with Crippen molar-refractivity contribution in [3.63, 3.8) is 0 Å². The number of rotatable bonds is 10. The smallest absolute Gasteiger partial charge is 0.0642 e. The predicted molar refractivity (Wildman–Crippen MR) is 86.8 cm³/mol. The molecule has 108 valence electrons. The number of benzene rings is 1. The van der Waals surface area contributed by atoms with Gasteiger partial charge in [-0.05, 0) is 31.5 Å². The van der Waals surface area contributed by atoms with Crippen molar-refractivity contribution in [1.82, 2.24) is 0 Å². The third kappa shape index (κ3) is 8.27. The summed E-state index contributed by atoms with van der Waals surface area (Å²) in [5.41, 5.74) is 1.13. The first-order valence-corrected chi connectivity index (χ1v) is 8.12. The van der Waals surface area contributed by atoms with Crippen molar-refractivity contribution >= 4 is 21.6 Å². The van der Waals surface area contributed by atoms with E-state index in [1.165, 1.54) is 32.1 Å². The number of anilines is 1. The normalized spacial score (nSPS) is 12.4. The average molecular weight is 328 g/mol. The summed E-state index contributed by atoms with van der Waals surface area (Å²) in [4.78, 5) is 0. The number of ether oxygens (including phenoxy) is 1. The second-order valence-corrected chi connectivity index (χ2v) is 5.88. The molecule has 1 rings (SSSR count). The van der Waals surface area contributed by atoms with Crippen LogP contribution in [0.15, 0.2) is 28.7 Å². The highest BCUT2D eigenvalue weighted by Crippen LogP contribution is 2.15. The fourth-order valence-electron chi connectivity index (χ4n) is 2.00. The fraction of sp³-hybridized carbons (Fsp3) is 0.625. The van der Waals surface area contributed by atoms with Crippen LogP contribution in [-0.2, 0) is 4.74 Å². The van der Waals surface area contributed by atoms with E-state index < -0.39 is 0 Å². The first-order chi connectivity index (χ1) is 9.22. The van der Waals surface area contributed by atoms with Crippen LogP contribution in [0.1, 0.15) is 46.0 Å². The van der Waals surface area contributed by atoms with E-state index >= 15 is 0 Å². The van der Waals surface area contributed by atoms with Crippen molar-refractivity contribution in [3.8, 4) is 0 Å². The van der Waals surface area contributed by atoms with Crippen LogP contribution < -0.4 is 5.32 Å². The molecule has 0 fully saturated rings. The van der Waals surface area contributed by atoms with Gasteiger partial charge in [-0.1, -0.05) is 54.6 Å². The van der Waals surface area contributed by atoms with E-state index in [4.69, 9.17) is 4.74 Å². The molecule has 3 heteroatoms. The Morgan fingerprint density at radius 3 is 2.84 bits per heavy atom. The lowest BCUT2D eigenvalue weighted by Gasteiger charge is -2.13. The Labute approximate surface area is 126 Å². The van der Waals surface area contributed by atoms with E-state index in [9.17, 15) is 0 Å². The van der Waals surface area contributed by atoms with Crippen molar-refractivity contribution in [2.24, 2.45) is 0 Å². The lowest BCUT2D eigenvalue weighted by atomic mass is 10.1.